The van der Waals surface area contributed by atoms with Gasteiger partial charge in [-0.05, 0) is 42.9 Å². The molecule has 2 saturated heterocycles. The Kier molecular flexibility index (Phi) is 11.9. The fraction of sp³-hybridized carbons (Fsp3) is 0.395. The van der Waals surface area contributed by atoms with Gasteiger partial charge in [0.15, 0.2) is 23.9 Å². The Balaban J connectivity index is 0.978. The molecule has 7 rings (SSSR count). The van der Waals surface area contributed by atoms with Crippen molar-refractivity contribution in [2.75, 3.05) is 77.3 Å². The highest BCUT2D eigenvalue weighted by Gasteiger charge is 2.40. The van der Waals surface area contributed by atoms with Crippen molar-refractivity contribution in [2.24, 2.45) is 12.8 Å². The molecule has 2 aliphatic heterocycles. The predicted octanol–water partition coefficient (Wildman–Crippen LogP) is 3.01. The molecule has 5 aromatic rings. The summed E-state index contributed by atoms with van der Waals surface area (Å²) in [5, 5.41) is 25.3. The van der Waals surface area contributed by atoms with Gasteiger partial charge in [0, 0.05) is 57.2 Å². The van der Waals surface area contributed by atoms with Crippen LogP contribution in [0.3, 0.4) is 0 Å². The van der Waals surface area contributed by atoms with Gasteiger partial charge in [0.1, 0.15) is 0 Å². The summed E-state index contributed by atoms with van der Waals surface area (Å²) in [5.74, 6) is -2.13. The van der Waals surface area contributed by atoms with Crippen LogP contribution in [-0.4, -0.2) is 155 Å². The van der Waals surface area contributed by atoms with Gasteiger partial charge in [0.05, 0.1) is 78.4 Å². The van der Waals surface area contributed by atoms with Crippen molar-refractivity contribution >= 4 is 52.1 Å². The number of hydrogen-bond acceptors (Lipinski definition) is 9. The largest absolute Gasteiger partial charge is 0.477 e. The van der Waals surface area contributed by atoms with Gasteiger partial charge in [-0.3, -0.25) is 9.59 Å². The molecule has 2 aliphatic rings. The van der Waals surface area contributed by atoms with Gasteiger partial charge in [0.25, 0.3) is 11.8 Å². The average Bonchev–Trinajstić information content (AvgIpc) is 3.96. The second kappa shape index (κ2) is 16.9. The van der Waals surface area contributed by atoms with Crippen molar-refractivity contribution < 1.29 is 47.0 Å². The van der Waals surface area contributed by atoms with Crippen LogP contribution >= 0.6 is 11.6 Å². The smallest absolute Gasteiger partial charge is 0.435 e. The third kappa shape index (κ3) is 8.65. The van der Waals surface area contributed by atoms with E-state index >= 15 is 0 Å². The molecule has 0 bridgehead atoms. The van der Waals surface area contributed by atoms with E-state index in [1.54, 1.807) is 26.8 Å². The standard InChI is InChI=1S/C38H42ClF3N12O6/c1-49-30(26-20-53(48-33(26)38(40,41)42)31-6-5-28-29(47-31)18-24(22-55)45-28)19-44-34(49)35(58)46-23-3-4-25(27(39)17-23)36(59)50-8-10-51(11-9-50)37(60)52-12-15-54(16-13-52,14-2-7-43)21-32(56)57/h3-6,17-20,55H,2,7-16,21-22,43H2,1H3,(H2-,45,46,47,56,57,58,59)/p+1. The fourth-order valence-corrected chi connectivity index (χ4v) is 7.97. The number of carboxylic acid groups (broad SMARTS) is 1. The lowest BCUT2D eigenvalue weighted by Crippen LogP contribution is -2.64. The minimum atomic E-state index is -4.87. The molecule has 1 aromatic carbocycles. The van der Waals surface area contributed by atoms with E-state index in [0.717, 1.165) is 17.1 Å². The number of halogens is 4. The number of carbonyl (C=O) groups excluding carboxylic acids is 3. The summed E-state index contributed by atoms with van der Waals surface area (Å²) < 4.78 is 45.4. The number of piperazine rings is 2. The third-order valence-electron chi connectivity index (χ3n) is 10.9. The minimum absolute atomic E-state index is 0.0194. The molecule has 0 saturated carbocycles. The molecular weight excluding hydrogens is 813 g/mol. The highest BCUT2D eigenvalue weighted by Crippen LogP contribution is 2.37. The van der Waals surface area contributed by atoms with Crippen LogP contribution in [0, 0.1) is 0 Å². The number of carboxylic acids is 1. The molecule has 2 fully saturated rings. The normalized spacial score (nSPS) is 15.8. The molecule has 6 heterocycles. The van der Waals surface area contributed by atoms with Gasteiger partial charge < -0.3 is 50.0 Å². The number of nitrogens with two attached hydrogens (primary N) is 1. The number of rotatable bonds is 11. The van der Waals surface area contributed by atoms with Crippen LogP contribution in [0.1, 0.15) is 38.8 Å². The summed E-state index contributed by atoms with van der Waals surface area (Å²) in [4.78, 5) is 68.2. The summed E-state index contributed by atoms with van der Waals surface area (Å²) in [6.07, 6.45) is -1.89. The number of hydrogen-bond donors (Lipinski definition) is 5. The van der Waals surface area contributed by atoms with Crippen molar-refractivity contribution in [1.82, 2.24) is 44.0 Å². The summed E-state index contributed by atoms with van der Waals surface area (Å²) >= 11 is 6.54. The van der Waals surface area contributed by atoms with Crippen molar-refractivity contribution in [2.45, 2.75) is 19.2 Å². The number of carbonyl (C=O) groups is 4. The Morgan fingerprint density at radius 3 is 2.35 bits per heavy atom. The number of aliphatic carboxylic acids is 1. The molecule has 0 spiro atoms. The number of aliphatic hydroxyl groups excluding tert-OH is 1. The van der Waals surface area contributed by atoms with Crippen molar-refractivity contribution in [3.05, 3.63) is 76.6 Å². The van der Waals surface area contributed by atoms with E-state index in [9.17, 15) is 42.6 Å². The van der Waals surface area contributed by atoms with Crippen LogP contribution < -0.4 is 11.1 Å². The molecule has 0 atom stereocenters. The Morgan fingerprint density at radius 1 is 1.00 bits per heavy atom. The highest BCUT2D eigenvalue weighted by atomic mass is 35.5. The first-order valence-corrected chi connectivity index (χ1v) is 19.5. The van der Waals surface area contributed by atoms with Gasteiger partial charge in [-0.1, -0.05) is 11.6 Å². The number of amides is 4. The van der Waals surface area contributed by atoms with E-state index in [4.69, 9.17) is 17.3 Å². The number of aliphatic hydroxyl groups is 1. The number of H-pyrrole nitrogens is 1. The fourth-order valence-electron chi connectivity index (χ4n) is 7.71. The minimum Gasteiger partial charge on any atom is -0.477 e. The van der Waals surface area contributed by atoms with Gasteiger partial charge >= 0.3 is 18.2 Å². The van der Waals surface area contributed by atoms with Gasteiger partial charge in [-0.2, -0.15) is 18.3 Å². The number of fused-ring (bicyclic) bond motifs is 1. The Bertz CT molecular complexity index is 2430. The second-order valence-corrected chi connectivity index (χ2v) is 15.2. The molecule has 0 unspecified atom stereocenters. The molecule has 0 aliphatic carbocycles. The number of benzene rings is 1. The van der Waals surface area contributed by atoms with E-state index < -0.39 is 23.7 Å². The number of nitrogens with one attached hydrogen (secondary N) is 2. The zero-order valence-electron chi connectivity index (χ0n) is 32.5. The summed E-state index contributed by atoms with van der Waals surface area (Å²) in [7, 11) is 1.39. The number of nitrogens with zero attached hydrogens (tertiary/aromatic N) is 9. The highest BCUT2D eigenvalue weighted by molar-refractivity contribution is 6.34. The topological polar surface area (TPSA) is 221 Å². The van der Waals surface area contributed by atoms with E-state index in [1.165, 1.54) is 35.9 Å². The van der Waals surface area contributed by atoms with Crippen molar-refractivity contribution in [1.29, 1.82) is 0 Å². The number of aromatic amines is 1. The monoisotopic (exact) mass is 855 g/mol. The maximum Gasteiger partial charge on any atom is 0.435 e. The summed E-state index contributed by atoms with van der Waals surface area (Å²) in [6, 6.07) is 8.80. The first kappa shape index (κ1) is 42.1. The molecule has 18 nitrogen and oxygen atoms in total. The quantitative estimate of drug-likeness (QED) is 0.122. The molecule has 4 amide bonds. The lowest BCUT2D eigenvalue weighted by Gasteiger charge is -2.45. The number of quaternary nitrogens is 1. The first-order valence-electron chi connectivity index (χ1n) is 19.1. The number of anilines is 1. The van der Waals surface area contributed by atoms with E-state index in [1.807, 2.05) is 0 Å². The Morgan fingerprint density at radius 2 is 1.70 bits per heavy atom. The third-order valence-corrected chi connectivity index (χ3v) is 11.2. The van der Waals surface area contributed by atoms with Crippen LogP contribution in [0.4, 0.5) is 23.7 Å². The van der Waals surface area contributed by atoms with Gasteiger partial charge in [-0.25, -0.2) is 24.2 Å². The molecule has 22 heteroatoms. The summed E-state index contributed by atoms with van der Waals surface area (Å²) in [5.41, 5.74) is 5.93. The zero-order chi connectivity index (χ0) is 42.9. The maximum absolute atomic E-state index is 14.3. The number of aromatic nitrogens is 6. The first-order chi connectivity index (χ1) is 28.6. The van der Waals surface area contributed by atoms with Crippen LogP contribution in [0.2, 0.25) is 5.02 Å². The molecule has 318 valence electrons. The lowest BCUT2D eigenvalue weighted by atomic mass is 10.1. The molecular formula is C38H43ClF3N12O6+. The number of urea groups is 1. The zero-order valence-corrected chi connectivity index (χ0v) is 33.2. The number of imidazole rings is 1. The molecule has 0 radical (unpaired) electrons. The van der Waals surface area contributed by atoms with Crippen LogP contribution in [0.25, 0.3) is 28.1 Å². The molecule has 4 aromatic heterocycles. The Labute approximate surface area is 345 Å². The van der Waals surface area contributed by atoms with Crippen LogP contribution in [0.15, 0.2) is 48.8 Å². The number of alkyl halides is 3. The van der Waals surface area contributed by atoms with E-state index in [0.29, 0.717) is 80.0 Å². The molecule has 6 N–H and O–H groups in total. The second-order valence-electron chi connectivity index (χ2n) is 14.8. The number of pyridine rings is 1. The van der Waals surface area contributed by atoms with Crippen molar-refractivity contribution in [3.8, 4) is 17.1 Å². The van der Waals surface area contributed by atoms with E-state index in [-0.39, 0.29) is 77.4 Å². The van der Waals surface area contributed by atoms with Gasteiger partial charge in [-0.15, -0.1) is 0 Å². The maximum atomic E-state index is 14.3. The summed E-state index contributed by atoms with van der Waals surface area (Å²) in [6.45, 7) is 3.76. The average molecular weight is 856 g/mol. The molecule has 60 heavy (non-hydrogen) atoms. The predicted molar refractivity (Wildman–Crippen MR) is 211 cm³/mol. The van der Waals surface area contributed by atoms with Crippen molar-refractivity contribution in [3.63, 3.8) is 0 Å². The van der Waals surface area contributed by atoms with Crippen LogP contribution in [-0.2, 0) is 24.6 Å². The van der Waals surface area contributed by atoms with E-state index in [2.05, 4.69) is 25.4 Å². The van der Waals surface area contributed by atoms with Gasteiger partial charge in [0.2, 0.25) is 0 Å². The lowest BCUT2D eigenvalue weighted by molar-refractivity contribution is -0.924. The van der Waals surface area contributed by atoms with Crippen LogP contribution in [0.5, 0.6) is 0 Å². The Hall–Kier alpha value is -6.03. The SMILES string of the molecule is Cn1c(-c2cn(-c3ccc4[nH]c(CO)cc4n3)nc2C(F)(F)F)cnc1C(=O)Nc1ccc(C(=O)N2CCN(C(=O)N3CC[N+](CCCN)(CC(=O)O)CC3)CC2)c(Cl)c1.